The Hall–Kier alpha value is -4.06. The summed E-state index contributed by atoms with van der Waals surface area (Å²) in [7, 11) is 1.21. The highest BCUT2D eigenvalue weighted by molar-refractivity contribution is 5.96. The van der Waals surface area contributed by atoms with Gasteiger partial charge in [0.2, 0.25) is 0 Å². The van der Waals surface area contributed by atoms with Gasteiger partial charge in [-0.15, -0.1) is 0 Å². The van der Waals surface area contributed by atoms with Crippen LogP contribution in [0.25, 0.3) is 11.4 Å². The van der Waals surface area contributed by atoms with Gasteiger partial charge < -0.3 is 20.1 Å². The number of carbonyl (C=O) groups excluding carboxylic acids is 1. The number of esters is 1. The number of carboxylic acids is 1. The summed E-state index contributed by atoms with van der Waals surface area (Å²) in [6.45, 7) is 0. The van der Waals surface area contributed by atoms with Crippen molar-refractivity contribution in [3.8, 4) is 17.4 Å². The zero-order chi connectivity index (χ0) is 18.8. The molecule has 0 radical (unpaired) electrons. The van der Waals surface area contributed by atoms with E-state index in [1.165, 1.54) is 34.8 Å². The number of methoxy groups -OCH3 is 1. The van der Waals surface area contributed by atoms with Crippen LogP contribution in [0.15, 0.2) is 42.7 Å². The Morgan fingerprint density at radius 1 is 1.27 bits per heavy atom. The van der Waals surface area contributed by atoms with Crippen molar-refractivity contribution < 1.29 is 19.4 Å². The number of rotatable bonds is 4. The lowest BCUT2D eigenvalue weighted by Crippen LogP contribution is -2.13. The third kappa shape index (κ3) is 2.65. The van der Waals surface area contributed by atoms with Gasteiger partial charge in [-0.3, -0.25) is 0 Å². The standard InChI is InChI=1S/C17H13N5O4/c1-26-17(25)15-14(19)10(8-18)9-21(15)12-4-2-3-5-13(12)22-7-6-11(20-22)16(23)24/h2-7,9H,19H2,1H3,(H,23,24). The maximum Gasteiger partial charge on any atom is 0.357 e. The molecule has 0 fully saturated rings. The van der Waals surface area contributed by atoms with Crippen LogP contribution in [0.4, 0.5) is 5.69 Å². The summed E-state index contributed by atoms with van der Waals surface area (Å²) in [6.07, 6.45) is 2.90. The number of nitrogens with two attached hydrogens (primary N) is 1. The first kappa shape index (κ1) is 16.8. The summed E-state index contributed by atoms with van der Waals surface area (Å²) < 4.78 is 7.56. The Bertz CT molecular complexity index is 1060. The predicted molar refractivity (Wildman–Crippen MR) is 90.3 cm³/mol. The largest absolute Gasteiger partial charge is 0.476 e. The van der Waals surface area contributed by atoms with Crippen LogP contribution in [0.5, 0.6) is 0 Å². The Labute approximate surface area is 147 Å². The molecule has 3 rings (SSSR count). The van der Waals surface area contributed by atoms with Gasteiger partial charge in [0.05, 0.1) is 29.7 Å². The maximum absolute atomic E-state index is 12.2. The van der Waals surface area contributed by atoms with Crippen molar-refractivity contribution in [3.05, 3.63) is 59.7 Å². The van der Waals surface area contributed by atoms with Gasteiger partial charge in [0.1, 0.15) is 6.07 Å². The molecular weight excluding hydrogens is 338 g/mol. The number of nitrogen functional groups attached to an aromatic ring is 1. The quantitative estimate of drug-likeness (QED) is 0.681. The highest BCUT2D eigenvalue weighted by Gasteiger charge is 2.23. The van der Waals surface area contributed by atoms with Crippen LogP contribution in [0.2, 0.25) is 0 Å². The Kier molecular flexibility index (Phi) is 4.16. The number of aromatic carboxylic acids is 1. The Morgan fingerprint density at radius 2 is 1.96 bits per heavy atom. The highest BCUT2D eigenvalue weighted by atomic mass is 16.5. The molecule has 0 aliphatic rings. The van der Waals surface area contributed by atoms with Crippen LogP contribution in [-0.4, -0.2) is 38.5 Å². The summed E-state index contributed by atoms with van der Waals surface area (Å²) in [5, 5.41) is 22.3. The van der Waals surface area contributed by atoms with E-state index in [-0.39, 0.29) is 22.6 Å². The Morgan fingerprint density at radius 3 is 2.54 bits per heavy atom. The average Bonchev–Trinajstić information content (AvgIpc) is 3.26. The normalized spacial score (nSPS) is 10.3. The Balaban J connectivity index is 2.25. The number of benzene rings is 1. The van der Waals surface area contributed by atoms with Crippen molar-refractivity contribution in [3.63, 3.8) is 0 Å². The van der Waals surface area contributed by atoms with Gasteiger partial charge in [-0.1, -0.05) is 12.1 Å². The lowest BCUT2D eigenvalue weighted by atomic mass is 10.2. The second kappa shape index (κ2) is 6.45. The summed E-state index contributed by atoms with van der Waals surface area (Å²) in [4.78, 5) is 23.2. The smallest absolute Gasteiger partial charge is 0.357 e. The molecule has 9 heteroatoms. The van der Waals surface area contributed by atoms with E-state index in [4.69, 9.17) is 15.6 Å². The fourth-order valence-electron chi connectivity index (χ4n) is 2.54. The van der Waals surface area contributed by atoms with Gasteiger partial charge in [0.15, 0.2) is 11.4 Å². The number of ether oxygens (including phenoxy) is 1. The second-order valence-corrected chi connectivity index (χ2v) is 5.22. The van der Waals surface area contributed by atoms with E-state index in [1.54, 1.807) is 24.3 Å². The summed E-state index contributed by atoms with van der Waals surface area (Å²) in [6, 6.07) is 10.1. The molecule has 1 aromatic carbocycles. The van der Waals surface area contributed by atoms with Gasteiger partial charge in [0, 0.05) is 12.4 Å². The minimum absolute atomic E-state index is 0.000781. The molecule has 0 atom stereocenters. The maximum atomic E-state index is 12.2. The van der Waals surface area contributed by atoms with E-state index in [0.717, 1.165) is 0 Å². The van der Waals surface area contributed by atoms with E-state index < -0.39 is 11.9 Å². The molecule has 3 N–H and O–H groups in total. The third-order valence-electron chi connectivity index (χ3n) is 3.74. The number of nitrogens with zero attached hydrogens (tertiary/aromatic N) is 4. The zero-order valence-corrected chi connectivity index (χ0v) is 13.6. The highest BCUT2D eigenvalue weighted by Crippen LogP contribution is 2.28. The molecule has 0 bridgehead atoms. The molecule has 0 saturated carbocycles. The number of carboxylic acid groups (broad SMARTS) is 1. The van der Waals surface area contributed by atoms with Crippen molar-refractivity contribution in [1.82, 2.24) is 14.3 Å². The van der Waals surface area contributed by atoms with E-state index in [9.17, 15) is 14.9 Å². The first-order chi connectivity index (χ1) is 12.5. The van der Waals surface area contributed by atoms with Gasteiger partial charge in [0.25, 0.3) is 0 Å². The molecule has 0 saturated heterocycles. The van der Waals surface area contributed by atoms with E-state index in [2.05, 4.69) is 5.10 Å². The molecule has 0 aliphatic heterocycles. The minimum atomic E-state index is -1.16. The predicted octanol–water partition coefficient (Wildman–Crippen LogP) is 1.60. The summed E-state index contributed by atoms with van der Waals surface area (Å²) >= 11 is 0. The van der Waals surface area contributed by atoms with E-state index in [1.807, 2.05) is 6.07 Å². The number of anilines is 1. The number of carbonyl (C=O) groups is 2. The van der Waals surface area contributed by atoms with E-state index >= 15 is 0 Å². The van der Waals surface area contributed by atoms with Crippen LogP contribution in [-0.2, 0) is 4.74 Å². The lowest BCUT2D eigenvalue weighted by Gasteiger charge is -2.13. The molecule has 26 heavy (non-hydrogen) atoms. The fraction of sp³-hybridized carbons (Fsp3) is 0.0588. The molecule has 0 spiro atoms. The van der Waals surface area contributed by atoms with Crippen LogP contribution in [0.3, 0.4) is 0 Å². The fourth-order valence-corrected chi connectivity index (χ4v) is 2.54. The van der Waals surface area contributed by atoms with Gasteiger partial charge in [-0.2, -0.15) is 10.4 Å². The molecule has 9 nitrogen and oxygen atoms in total. The number of hydrogen-bond donors (Lipinski definition) is 2. The molecular formula is C17H13N5O4. The molecule has 0 unspecified atom stereocenters. The van der Waals surface area contributed by atoms with Crippen molar-refractivity contribution in [2.75, 3.05) is 12.8 Å². The topological polar surface area (TPSA) is 136 Å². The number of nitriles is 1. The lowest BCUT2D eigenvalue weighted by molar-refractivity contribution is 0.0592. The number of hydrogen-bond acceptors (Lipinski definition) is 6. The minimum Gasteiger partial charge on any atom is -0.476 e. The van der Waals surface area contributed by atoms with E-state index in [0.29, 0.717) is 11.4 Å². The molecule has 0 amide bonds. The van der Waals surface area contributed by atoms with Crippen LogP contribution < -0.4 is 5.73 Å². The van der Waals surface area contributed by atoms with Gasteiger partial charge in [-0.25, -0.2) is 14.3 Å². The van der Waals surface area contributed by atoms with Crippen molar-refractivity contribution in [2.24, 2.45) is 0 Å². The number of aromatic nitrogens is 3. The zero-order valence-electron chi connectivity index (χ0n) is 13.6. The first-order valence-corrected chi connectivity index (χ1v) is 7.36. The summed E-state index contributed by atoms with van der Waals surface area (Å²) in [5.74, 6) is -1.86. The molecule has 2 aromatic heterocycles. The SMILES string of the molecule is COC(=O)c1c(N)c(C#N)cn1-c1ccccc1-n1ccc(C(=O)O)n1. The van der Waals surface area contributed by atoms with Gasteiger partial charge in [-0.05, 0) is 18.2 Å². The monoisotopic (exact) mass is 351 g/mol. The van der Waals surface area contributed by atoms with Gasteiger partial charge >= 0.3 is 11.9 Å². The van der Waals surface area contributed by atoms with Crippen molar-refractivity contribution in [1.29, 1.82) is 5.26 Å². The van der Waals surface area contributed by atoms with Crippen molar-refractivity contribution in [2.45, 2.75) is 0 Å². The summed E-state index contributed by atoms with van der Waals surface area (Å²) in [5.41, 5.74) is 6.87. The first-order valence-electron chi connectivity index (χ1n) is 7.36. The third-order valence-corrected chi connectivity index (χ3v) is 3.74. The number of para-hydroxylation sites is 2. The molecule has 0 aliphatic carbocycles. The van der Waals surface area contributed by atoms with Crippen LogP contribution >= 0.6 is 0 Å². The molecule has 130 valence electrons. The van der Waals surface area contributed by atoms with Crippen LogP contribution in [0.1, 0.15) is 26.5 Å². The van der Waals surface area contributed by atoms with Crippen molar-refractivity contribution >= 4 is 17.6 Å². The second-order valence-electron chi connectivity index (χ2n) is 5.22. The average molecular weight is 351 g/mol. The molecule has 2 heterocycles. The van der Waals surface area contributed by atoms with Crippen LogP contribution in [0, 0.1) is 11.3 Å². The molecule has 3 aromatic rings.